The first-order chi connectivity index (χ1) is 18.9. The maximum Gasteiger partial charge on any atom is 0.261 e. The molecule has 0 fully saturated rings. The molecule has 0 aliphatic carbocycles. The molecule has 4 aromatic carbocycles. The number of aromatic nitrogens is 1. The molecular formula is C32H22Cl2N2O3. The standard InChI is InChI=1S/C32H22Cl2N2O3/c1-19-13-14-20-8-6-12-28(30(20)35-19)39-18-26-27(33)16-15-23(29(26)34)22-9-3-2-7-21(22)17-36-31(37)24-10-4-5-11-25(24)32(36)38/h2-16H,17-18H2,1H3. The molecule has 192 valence electrons. The molecule has 0 saturated heterocycles. The zero-order valence-corrected chi connectivity index (χ0v) is 22.5. The smallest absolute Gasteiger partial charge is 0.261 e. The average molecular weight is 553 g/mol. The van der Waals surface area contributed by atoms with E-state index in [9.17, 15) is 9.59 Å². The zero-order valence-electron chi connectivity index (χ0n) is 20.9. The highest BCUT2D eigenvalue weighted by Gasteiger charge is 2.35. The Kier molecular flexibility index (Phi) is 6.55. The van der Waals surface area contributed by atoms with Gasteiger partial charge in [-0.25, -0.2) is 4.98 Å². The molecule has 7 heteroatoms. The van der Waals surface area contributed by atoms with Gasteiger partial charge >= 0.3 is 0 Å². The maximum atomic E-state index is 13.0. The van der Waals surface area contributed by atoms with E-state index in [1.54, 1.807) is 30.3 Å². The van der Waals surface area contributed by atoms with Crippen LogP contribution in [0.1, 0.15) is 37.5 Å². The average Bonchev–Trinajstić information content (AvgIpc) is 3.18. The fourth-order valence-electron chi connectivity index (χ4n) is 4.90. The van der Waals surface area contributed by atoms with Crippen molar-refractivity contribution >= 4 is 45.9 Å². The lowest BCUT2D eigenvalue weighted by Gasteiger charge is -2.19. The number of fused-ring (bicyclic) bond motifs is 2. The summed E-state index contributed by atoms with van der Waals surface area (Å²) in [5.41, 5.74) is 5.47. The molecule has 0 unspecified atom stereocenters. The fourth-order valence-corrected chi connectivity index (χ4v) is 5.48. The molecule has 0 bridgehead atoms. The predicted octanol–water partition coefficient (Wildman–Crippen LogP) is 7.89. The van der Waals surface area contributed by atoms with Crippen LogP contribution in [-0.2, 0) is 13.2 Å². The van der Waals surface area contributed by atoms with E-state index < -0.39 is 0 Å². The summed E-state index contributed by atoms with van der Waals surface area (Å²) in [6, 6.07) is 27.8. The van der Waals surface area contributed by atoms with Gasteiger partial charge in [0.1, 0.15) is 17.9 Å². The number of carbonyl (C=O) groups is 2. The van der Waals surface area contributed by atoms with E-state index in [0.717, 1.165) is 33.3 Å². The van der Waals surface area contributed by atoms with Crippen molar-refractivity contribution in [1.29, 1.82) is 0 Å². The molecule has 5 nitrogen and oxygen atoms in total. The van der Waals surface area contributed by atoms with Crippen LogP contribution in [0.4, 0.5) is 0 Å². The minimum atomic E-state index is -0.305. The molecular weight excluding hydrogens is 531 g/mol. The molecule has 1 aliphatic heterocycles. The van der Waals surface area contributed by atoms with Gasteiger partial charge in [0.2, 0.25) is 0 Å². The van der Waals surface area contributed by atoms with Crippen molar-refractivity contribution < 1.29 is 14.3 Å². The number of benzene rings is 4. The quantitative estimate of drug-likeness (QED) is 0.201. The number of rotatable bonds is 6. The Balaban J connectivity index is 1.32. The van der Waals surface area contributed by atoms with E-state index in [-0.39, 0.29) is 25.0 Å². The van der Waals surface area contributed by atoms with Gasteiger partial charge in [0.05, 0.1) is 22.7 Å². The Morgan fingerprint density at radius 2 is 1.44 bits per heavy atom. The molecule has 0 atom stereocenters. The third-order valence-corrected chi connectivity index (χ3v) is 7.68. The third-order valence-electron chi connectivity index (χ3n) is 6.89. The summed E-state index contributed by atoms with van der Waals surface area (Å²) in [6.45, 7) is 2.20. The first kappa shape index (κ1) is 25.1. The van der Waals surface area contributed by atoms with Crippen molar-refractivity contribution in [3.63, 3.8) is 0 Å². The number of para-hydroxylation sites is 1. The molecule has 1 aromatic heterocycles. The topological polar surface area (TPSA) is 59.5 Å². The number of imide groups is 1. The number of hydrogen-bond donors (Lipinski definition) is 0. The van der Waals surface area contributed by atoms with E-state index >= 15 is 0 Å². The highest BCUT2D eigenvalue weighted by atomic mass is 35.5. The van der Waals surface area contributed by atoms with Crippen molar-refractivity contribution in [2.75, 3.05) is 0 Å². The second-order valence-corrected chi connectivity index (χ2v) is 10.1. The lowest BCUT2D eigenvalue weighted by Crippen LogP contribution is -2.29. The van der Waals surface area contributed by atoms with Crippen LogP contribution in [0, 0.1) is 6.92 Å². The van der Waals surface area contributed by atoms with Gasteiger partial charge in [0.25, 0.3) is 11.8 Å². The van der Waals surface area contributed by atoms with Crippen LogP contribution in [0.3, 0.4) is 0 Å². The van der Waals surface area contributed by atoms with Crippen LogP contribution < -0.4 is 4.74 Å². The highest BCUT2D eigenvalue weighted by Crippen LogP contribution is 2.38. The second kappa shape index (κ2) is 10.2. The largest absolute Gasteiger partial charge is 0.487 e. The fraction of sp³-hybridized carbons (Fsp3) is 0.0938. The van der Waals surface area contributed by atoms with Gasteiger partial charge in [-0.15, -0.1) is 0 Å². The summed E-state index contributed by atoms with van der Waals surface area (Å²) < 4.78 is 6.19. The second-order valence-electron chi connectivity index (χ2n) is 9.36. The van der Waals surface area contributed by atoms with Gasteiger partial charge in [-0.05, 0) is 48.4 Å². The van der Waals surface area contributed by atoms with Crippen molar-refractivity contribution in [2.45, 2.75) is 20.1 Å². The summed E-state index contributed by atoms with van der Waals surface area (Å²) in [5, 5.41) is 1.90. The van der Waals surface area contributed by atoms with Crippen molar-refractivity contribution in [2.24, 2.45) is 0 Å². The van der Waals surface area contributed by atoms with Crippen LogP contribution in [0.5, 0.6) is 5.75 Å². The molecule has 5 aromatic rings. The number of aryl methyl sites for hydroxylation is 1. The molecule has 6 rings (SSSR count). The Morgan fingerprint density at radius 1 is 0.744 bits per heavy atom. The SMILES string of the molecule is Cc1ccc2cccc(OCc3c(Cl)ccc(-c4ccccc4CN4C(=O)c5ccccc5C4=O)c3Cl)c2n1. The molecule has 2 heterocycles. The number of amides is 2. The minimum absolute atomic E-state index is 0.119. The molecule has 0 saturated carbocycles. The van der Waals surface area contributed by atoms with Gasteiger partial charge in [-0.1, -0.05) is 83.9 Å². The van der Waals surface area contributed by atoms with Crippen molar-refractivity contribution in [1.82, 2.24) is 9.88 Å². The Bertz CT molecular complexity index is 1750. The zero-order chi connectivity index (χ0) is 27.1. The van der Waals surface area contributed by atoms with Crippen LogP contribution >= 0.6 is 23.2 Å². The molecule has 1 aliphatic rings. The summed E-state index contributed by atoms with van der Waals surface area (Å²) >= 11 is 13.5. The third kappa shape index (κ3) is 4.54. The van der Waals surface area contributed by atoms with Crippen molar-refractivity contribution in [3.05, 3.63) is 129 Å². The predicted molar refractivity (Wildman–Crippen MR) is 153 cm³/mol. The van der Waals surface area contributed by atoms with Crippen LogP contribution in [0.25, 0.3) is 22.0 Å². The molecule has 0 spiro atoms. The Morgan fingerprint density at radius 3 is 2.18 bits per heavy atom. The summed E-state index contributed by atoms with van der Waals surface area (Å²) in [5.74, 6) is 0.0287. The number of pyridine rings is 1. The number of ether oxygens (including phenoxy) is 1. The van der Waals surface area contributed by atoms with Crippen LogP contribution in [-0.4, -0.2) is 21.7 Å². The van der Waals surface area contributed by atoms with E-state index in [1.165, 1.54) is 4.90 Å². The number of halogens is 2. The minimum Gasteiger partial charge on any atom is -0.487 e. The number of hydrogen-bond acceptors (Lipinski definition) is 4. The van der Waals surface area contributed by atoms with Gasteiger partial charge in [0.15, 0.2) is 0 Å². The van der Waals surface area contributed by atoms with E-state index in [4.69, 9.17) is 27.9 Å². The van der Waals surface area contributed by atoms with Crippen LogP contribution in [0.2, 0.25) is 10.0 Å². The highest BCUT2D eigenvalue weighted by molar-refractivity contribution is 6.37. The monoisotopic (exact) mass is 552 g/mol. The first-order valence-electron chi connectivity index (χ1n) is 12.4. The molecule has 2 amide bonds. The van der Waals surface area contributed by atoms with E-state index in [2.05, 4.69) is 4.98 Å². The summed E-state index contributed by atoms with van der Waals surface area (Å²) in [6.07, 6.45) is 0. The number of carbonyl (C=O) groups excluding carboxylic acids is 2. The molecule has 39 heavy (non-hydrogen) atoms. The number of nitrogens with zero attached hydrogens (tertiary/aromatic N) is 2. The maximum absolute atomic E-state index is 13.0. The van der Waals surface area contributed by atoms with Crippen LogP contribution in [0.15, 0.2) is 91.0 Å². The molecule has 0 N–H and O–H groups in total. The van der Waals surface area contributed by atoms with Gasteiger partial charge in [0, 0.05) is 27.2 Å². The molecule has 0 radical (unpaired) electrons. The normalized spacial score (nSPS) is 12.7. The van der Waals surface area contributed by atoms with Gasteiger partial charge in [-0.2, -0.15) is 0 Å². The Labute approximate surface area is 235 Å². The summed E-state index contributed by atoms with van der Waals surface area (Å²) in [7, 11) is 0. The van der Waals surface area contributed by atoms with Gasteiger partial charge in [-0.3, -0.25) is 14.5 Å². The Hall–Kier alpha value is -4.19. The van der Waals surface area contributed by atoms with Crippen molar-refractivity contribution in [3.8, 4) is 16.9 Å². The first-order valence-corrected chi connectivity index (χ1v) is 13.2. The summed E-state index contributed by atoms with van der Waals surface area (Å²) in [4.78, 5) is 31.9. The lowest BCUT2D eigenvalue weighted by molar-refractivity contribution is 0.0642. The van der Waals surface area contributed by atoms with E-state index in [0.29, 0.717) is 32.5 Å². The lowest BCUT2D eigenvalue weighted by atomic mass is 9.97. The van der Waals surface area contributed by atoms with E-state index in [1.807, 2.05) is 67.6 Å². The van der Waals surface area contributed by atoms with Gasteiger partial charge < -0.3 is 4.74 Å².